The van der Waals surface area contributed by atoms with Crippen LogP contribution in [-0.4, -0.2) is 11.4 Å². The second-order valence-electron chi connectivity index (χ2n) is 3.00. The van der Waals surface area contributed by atoms with Crippen LogP contribution >= 0.6 is 23.1 Å². The molecule has 1 aromatic carbocycles. The molecule has 80 valence electrons. The van der Waals surface area contributed by atoms with Crippen LogP contribution in [0.25, 0.3) is 10.1 Å². The number of thiophene rings is 1. The minimum atomic E-state index is 0.608. The van der Waals surface area contributed by atoms with Crippen LogP contribution in [-0.2, 0) is 0 Å². The standard InChI is InChI=1S/C11H9N3S2/c1-15-11(13-7-12)14-9-2-3-10-8(6-9)4-5-16-10/h2-6H,1H3,(H,13,14). The zero-order valence-electron chi connectivity index (χ0n) is 8.60. The van der Waals surface area contributed by atoms with Crippen LogP contribution in [0.3, 0.4) is 0 Å². The van der Waals surface area contributed by atoms with E-state index in [9.17, 15) is 0 Å². The summed E-state index contributed by atoms with van der Waals surface area (Å²) in [7, 11) is 0. The van der Waals surface area contributed by atoms with Gasteiger partial charge in [0, 0.05) is 4.70 Å². The summed E-state index contributed by atoms with van der Waals surface area (Å²) in [6.07, 6.45) is 3.75. The van der Waals surface area contributed by atoms with Crippen LogP contribution in [0.1, 0.15) is 0 Å². The predicted octanol–water partition coefficient (Wildman–Crippen LogP) is 3.32. The fraction of sp³-hybridized carbons (Fsp3) is 0.0909. The minimum Gasteiger partial charge on any atom is -0.271 e. The smallest absolute Gasteiger partial charge is 0.183 e. The number of hydrogen-bond donors (Lipinski definition) is 1. The van der Waals surface area contributed by atoms with Gasteiger partial charge in [-0.05, 0) is 41.3 Å². The Bertz CT molecular complexity index is 566. The van der Waals surface area contributed by atoms with Crippen molar-refractivity contribution in [3.8, 4) is 6.19 Å². The first-order valence-electron chi connectivity index (χ1n) is 4.58. The van der Waals surface area contributed by atoms with E-state index in [0.717, 1.165) is 5.69 Å². The van der Waals surface area contributed by atoms with Crippen molar-refractivity contribution in [2.75, 3.05) is 6.26 Å². The van der Waals surface area contributed by atoms with Crippen molar-refractivity contribution in [2.45, 2.75) is 0 Å². The molecule has 1 N–H and O–H groups in total. The summed E-state index contributed by atoms with van der Waals surface area (Å²) < 4.78 is 1.25. The van der Waals surface area contributed by atoms with Crippen molar-refractivity contribution < 1.29 is 0 Å². The third-order valence-electron chi connectivity index (χ3n) is 2.02. The Kier molecular flexibility index (Phi) is 3.44. The molecular formula is C11H9N3S2. The van der Waals surface area contributed by atoms with Crippen LogP contribution < -0.4 is 5.32 Å². The van der Waals surface area contributed by atoms with Crippen molar-refractivity contribution in [3.05, 3.63) is 29.6 Å². The SMILES string of the molecule is CSC(=Nc1ccc2sccc2c1)NC#N. The number of thioether (sulfide) groups is 1. The molecule has 0 bridgehead atoms. The average molecular weight is 247 g/mol. The third kappa shape index (κ3) is 2.35. The third-order valence-corrected chi connectivity index (χ3v) is 3.50. The van der Waals surface area contributed by atoms with Crippen molar-refractivity contribution in [2.24, 2.45) is 4.99 Å². The number of fused-ring (bicyclic) bond motifs is 1. The first-order valence-corrected chi connectivity index (χ1v) is 6.69. The monoisotopic (exact) mass is 247 g/mol. The van der Waals surface area contributed by atoms with E-state index in [0.29, 0.717) is 5.17 Å². The van der Waals surface area contributed by atoms with Crippen LogP contribution in [0.15, 0.2) is 34.6 Å². The minimum absolute atomic E-state index is 0.608. The molecule has 16 heavy (non-hydrogen) atoms. The largest absolute Gasteiger partial charge is 0.271 e. The molecule has 0 unspecified atom stereocenters. The Balaban J connectivity index is 2.36. The van der Waals surface area contributed by atoms with Crippen molar-refractivity contribution in [3.63, 3.8) is 0 Å². The Morgan fingerprint density at radius 1 is 1.50 bits per heavy atom. The lowest BCUT2D eigenvalue weighted by atomic mass is 10.2. The summed E-state index contributed by atoms with van der Waals surface area (Å²) in [6.45, 7) is 0. The van der Waals surface area contributed by atoms with Gasteiger partial charge in [0.2, 0.25) is 0 Å². The quantitative estimate of drug-likeness (QED) is 0.364. The molecule has 0 radical (unpaired) electrons. The highest BCUT2D eigenvalue weighted by Crippen LogP contribution is 2.25. The molecule has 1 aromatic heterocycles. The highest BCUT2D eigenvalue weighted by Gasteiger charge is 1.99. The molecule has 3 nitrogen and oxygen atoms in total. The van der Waals surface area contributed by atoms with Crippen molar-refractivity contribution >= 4 is 44.0 Å². The van der Waals surface area contributed by atoms with E-state index in [1.54, 1.807) is 11.3 Å². The molecule has 0 saturated heterocycles. The maximum atomic E-state index is 8.53. The molecule has 2 rings (SSSR count). The summed E-state index contributed by atoms with van der Waals surface area (Å²) in [4.78, 5) is 4.35. The molecule has 0 atom stereocenters. The van der Waals surface area contributed by atoms with Crippen LogP contribution in [0, 0.1) is 11.5 Å². The van der Waals surface area contributed by atoms with Crippen molar-refractivity contribution in [1.82, 2.24) is 5.32 Å². The first kappa shape index (κ1) is 11.0. The molecule has 5 heteroatoms. The molecule has 0 amide bonds. The fourth-order valence-corrected chi connectivity index (χ4v) is 2.43. The number of aliphatic imine (C=N–C) groups is 1. The van der Waals surface area contributed by atoms with Crippen LogP contribution in [0.5, 0.6) is 0 Å². The molecule has 1 heterocycles. The zero-order valence-corrected chi connectivity index (χ0v) is 10.2. The molecule has 0 saturated carbocycles. The first-order chi connectivity index (χ1) is 7.83. The normalized spacial score (nSPS) is 11.4. The summed E-state index contributed by atoms with van der Waals surface area (Å²) in [5, 5.41) is 14.9. The number of amidine groups is 1. The van der Waals surface area contributed by atoms with E-state index in [2.05, 4.69) is 21.8 Å². The van der Waals surface area contributed by atoms with Gasteiger partial charge in [0.05, 0.1) is 5.69 Å². The summed E-state index contributed by atoms with van der Waals surface area (Å²) in [6, 6.07) is 8.08. The lowest BCUT2D eigenvalue weighted by molar-refractivity contribution is 1.28. The second-order valence-corrected chi connectivity index (χ2v) is 4.74. The van der Waals surface area contributed by atoms with Gasteiger partial charge >= 0.3 is 0 Å². The van der Waals surface area contributed by atoms with Crippen LogP contribution in [0.2, 0.25) is 0 Å². The zero-order chi connectivity index (χ0) is 11.4. The molecule has 0 fully saturated rings. The molecule has 0 spiro atoms. The summed E-state index contributed by atoms with van der Waals surface area (Å²) in [5.74, 6) is 0. The van der Waals surface area contributed by atoms with Gasteiger partial charge in [-0.25, -0.2) is 4.99 Å². The lowest BCUT2D eigenvalue weighted by Gasteiger charge is -1.99. The number of hydrogen-bond acceptors (Lipinski definition) is 4. The van der Waals surface area contributed by atoms with Crippen LogP contribution in [0.4, 0.5) is 5.69 Å². The average Bonchev–Trinajstić information content (AvgIpc) is 2.75. The van der Waals surface area contributed by atoms with E-state index in [4.69, 9.17) is 5.26 Å². The number of nitrogens with zero attached hydrogens (tertiary/aromatic N) is 2. The maximum Gasteiger partial charge on any atom is 0.183 e. The molecule has 0 aliphatic rings. The second kappa shape index (κ2) is 5.01. The van der Waals surface area contributed by atoms with Gasteiger partial charge in [0.1, 0.15) is 0 Å². The Morgan fingerprint density at radius 2 is 2.38 bits per heavy atom. The fourth-order valence-electron chi connectivity index (χ4n) is 1.31. The molecule has 0 aliphatic heterocycles. The van der Waals surface area contributed by atoms with E-state index < -0.39 is 0 Å². The number of nitriles is 1. The molecular weight excluding hydrogens is 238 g/mol. The van der Waals surface area contributed by atoms with E-state index >= 15 is 0 Å². The number of rotatable bonds is 1. The van der Waals surface area contributed by atoms with Gasteiger partial charge in [0.15, 0.2) is 11.4 Å². The molecule has 0 aliphatic carbocycles. The summed E-state index contributed by atoms with van der Waals surface area (Å²) in [5.41, 5.74) is 0.859. The summed E-state index contributed by atoms with van der Waals surface area (Å²) >= 11 is 3.13. The van der Waals surface area contributed by atoms with Gasteiger partial charge in [-0.3, -0.25) is 5.32 Å². The van der Waals surface area contributed by atoms with E-state index in [1.807, 2.05) is 30.6 Å². The lowest BCUT2D eigenvalue weighted by Crippen LogP contribution is -2.12. The molecule has 2 aromatic rings. The van der Waals surface area contributed by atoms with Gasteiger partial charge in [-0.15, -0.1) is 11.3 Å². The predicted molar refractivity (Wildman–Crippen MR) is 71.2 cm³/mol. The Hall–Kier alpha value is -1.51. The van der Waals surface area contributed by atoms with E-state index in [1.165, 1.54) is 21.8 Å². The highest BCUT2D eigenvalue weighted by molar-refractivity contribution is 8.13. The van der Waals surface area contributed by atoms with Gasteiger partial charge < -0.3 is 0 Å². The van der Waals surface area contributed by atoms with Crippen molar-refractivity contribution in [1.29, 1.82) is 5.26 Å². The topological polar surface area (TPSA) is 48.2 Å². The maximum absolute atomic E-state index is 8.53. The van der Waals surface area contributed by atoms with Gasteiger partial charge in [0.25, 0.3) is 0 Å². The number of nitrogens with one attached hydrogen (secondary N) is 1. The highest BCUT2D eigenvalue weighted by atomic mass is 32.2. The van der Waals surface area contributed by atoms with E-state index in [-0.39, 0.29) is 0 Å². The van der Waals surface area contributed by atoms with Gasteiger partial charge in [-0.2, -0.15) is 5.26 Å². The Labute approximate surface area is 102 Å². The number of benzene rings is 1. The van der Waals surface area contributed by atoms with Gasteiger partial charge in [-0.1, -0.05) is 11.8 Å². The Morgan fingerprint density at radius 3 is 3.12 bits per heavy atom.